The van der Waals surface area contributed by atoms with E-state index in [1.54, 1.807) is 0 Å². The molecule has 1 heterocycles. The highest BCUT2D eigenvalue weighted by molar-refractivity contribution is 5.81. The first-order valence-electron chi connectivity index (χ1n) is 6.84. The zero-order chi connectivity index (χ0) is 13.7. The molecule has 0 spiro atoms. The van der Waals surface area contributed by atoms with Crippen LogP contribution < -0.4 is 10.6 Å². The number of carbonyl (C=O) groups excluding carboxylic acids is 1. The molecular formula is C15H22N2O2. The number of benzene rings is 1. The lowest BCUT2D eigenvalue weighted by molar-refractivity contribution is -0.119. The molecule has 4 heteroatoms. The molecule has 0 aromatic heterocycles. The van der Waals surface area contributed by atoms with E-state index in [-0.39, 0.29) is 12.0 Å². The highest BCUT2D eigenvalue weighted by atomic mass is 16.5. The smallest absolute Gasteiger partial charge is 0.239 e. The minimum atomic E-state index is 0.00970. The van der Waals surface area contributed by atoms with Crippen LogP contribution in [0.2, 0.25) is 0 Å². The van der Waals surface area contributed by atoms with Gasteiger partial charge in [-0.05, 0) is 38.3 Å². The van der Waals surface area contributed by atoms with E-state index >= 15 is 0 Å². The molecule has 1 aliphatic heterocycles. The summed E-state index contributed by atoms with van der Waals surface area (Å²) in [7, 11) is 0. The number of rotatable bonds is 5. The number of aryl methyl sites for hydroxylation is 2. The van der Waals surface area contributed by atoms with E-state index in [2.05, 4.69) is 23.6 Å². The van der Waals surface area contributed by atoms with Crippen molar-refractivity contribution >= 4 is 11.6 Å². The van der Waals surface area contributed by atoms with Gasteiger partial charge in [0.25, 0.3) is 0 Å². The number of anilines is 1. The average Bonchev–Trinajstić information content (AvgIpc) is 2.88. The zero-order valence-corrected chi connectivity index (χ0v) is 11.7. The Kier molecular flexibility index (Phi) is 4.80. The van der Waals surface area contributed by atoms with E-state index in [9.17, 15) is 4.79 Å². The van der Waals surface area contributed by atoms with Crippen LogP contribution in [-0.2, 0) is 9.53 Å². The van der Waals surface area contributed by atoms with E-state index < -0.39 is 0 Å². The largest absolute Gasteiger partial charge is 0.376 e. The number of carbonyl (C=O) groups is 1. The molecule has 1 aromatic rings. The van der Waals surface area contributed by atoms with Gasteiger partial charge >= 0.3 is 0 Å². The molecule has 0 aliphatic carbocycles. The number of ether oxygens (including phenoxy) is 1. The van der Waals surface area contributed by atoms with Crippen molar-refractivity contribution in [2.75, 3.05) is 25.0 Å². The van der Waals surface area contributed by atoms with Gasteiger partial charge in [-0.3, -0.25) is 4.79 Å². The summed E-state index contributed by atoms with van der Waals surface area (Å²) in [6.07, 6.45) is 2.34. The van der Waals surface area contributed by atoms with Crippen LogP contribution in [0.5, 0.6) is 0 Å². The minimum Gasteiger partial charge on any atom is -0.376 e. The Labute approximate surface area is 114 Å². The van der Waals surface area contributed by atoms with Crippen LogP contribution in [0.25, 0.3) is 0 Å². The summed E-state index contributed by atoms with van der Waals surface area (Å²) in [5.41, 5.74) is 3.40. The van der Waals surface area contributed by atoms with Gasteiger partial charge in [-0.15, -0.1) is 0 Å². The number of amides is 1. The van der Waals surface area contributed by atoms with Crippen molar-refractivity contribution in [3.63, 3.8) is 0 Å². The number of nitrogens with one attached hydrogen (secondary N) is 2. The van der Waals surface area contributed by atoms with Gasteiger partial charge in [0.05, 0.1) is 12.6 Å². The molecule has 2 rings (SSSR count). The fourth-order valence-corrected chi connectivity index (χ4v) is 2.28. The Bertz CT molecular complexity index is 440. The van der Waals surface area contributed by atoms with Crippen LogP contribution in [0.1, 0.15) is 24.0 Å². The molecule has 0 bridgehead atoms. The lowest BCUT2D eigenvalue weighted by Crippen LogP contribution is -2.35. The zero-order valence-electron chi connectivity index (χ0n) is 11.7. The first-order valence-corrected chi connectivity index (χ1v) is 6.84. The van der Waals surface area contributed by atoms with Crippen molar-refractivity contribution in [1.82, 2.24) is 5.32 Å². The van der Waals surface area contributed by atoms with E-state index in [1.165, 1.54) is 5.56 Å². The van der Waals surface area contributed by atoms with E-state index in [4.69, 9.17) is 4.74 Å². The standard InChI is InChI=1S/C15H22N2O2/c1-11-5-6-14(12(2)8-11)16-10-15(18)17-9-13-4-3-7-19-13/h5-6,8,13,16H,3-4,7,9-10H2,1-2H3,(H,17,18). The Morgan fingerprint density at radius 2 is 2.26 bits per heavy atom. The highest BCUT2D eigenvalue weighted by Gasteiger charge is 2.15. The summed E-state index contributed by atoms with van der Waals surface area (Å²) in [5.74, 6) is 0.00970. The van der Waals surface area contributed by atoms with E-state index in [0.717, 1.165) is 30.7 Å². The molecule has 1 fully saturated rings. The van der Waals surface area contributed by atoms with Gasteiger partial charge in [0, 0.05) is 18.8 Å². The third-order valence-corrected chi connectivity index (χ3v) is 3.37. The van der Waals surface area contributed by atoms with Crippen molar-refractivity contribution in [3.05, 3.63) is 29.3 Å². The van der Waals surface area contributed by atoms with Gasteiger partial charge in [0.15, 0.2) is 0 Å². The van der Waals surface area contributed by atoms with Gasteiger partial charge in [-0.1, -0.05) is 17.7 Å². The number of hydrogen-bond donors (Lipinski definition) is 2. The molecule has 1 atom stereocenters. The van der Waals surface area contributed by atoms with Crippen molar-refractivity contribution in [3.8, 4) is 0 Å². The lowest BCUT2D eigenvalue weighted by Gasteiger charge is -2.13. The second kappa shape index (κ2) is 6.57. The quantitative estimate of drug-likeness (QED) is 0.853. The molecular weight excluding hydrogens is 240 g/mol. The molecule has 104 valence electrons. The number of hydrogen-bond acceptors (Lipinski definition) is 3. The molecule has 1 saturated heterocycles. The van der Waals surface area contributed by atoms with Crippen LogP contribution >= 0.6 is 0 Å². The van der Waals surface area contributed by atoms with Crippen LogP contribution in [0.4, 0.5) is 5.69 Å². The van der Waals surface area contributed by atoms with Gasteiger partial charge in [-0.25, -0.2) is 0 Å². The third-order valence-electron chi connectivity index (χ3n) is 3.37. The predicted molar refractivity (Wildman–Crippen MR) is 76.4 cm³/mol. The Morgan fingerprint density at radius 3 is 2.95 bits per heavy atom. The van der Waals surface area contributed by atoms with Crippen LogP contribution in [0.15, 0.2) is 18.2 Å². The maximum atomic E-state index is 11.7. The van der Waals surface area contributed by atoms with Gasteiger partial charge in [0.1, 0.15) is 0 Å². The molecule has 2 N–H and O–H groups in total. The summed E-state index contributed by atoms with van der Waals surface area (Å²) in [6.45, 7) is 5.84. The highest BCUT2D eigenvalue weighted by Crippen LogP contribution is 2.15. The normalized spacial score (nSPS) is 18.3. The van der Waals surface area contributed by atoms with Crippen LogP contribution in [0.3, 0.4) is 0 Å². The molecule has 19 heavy (non-hydrogen) atoms. The maximum absolute atomic E-state index is 11.7. The molecule has 0 radical (unpaired) electrons. The van der Waals surface area contributed by atoms with Crippen molar-refractivity contribution in [2.24, 2.45) is 0 Å². The van der Waals surface area contributed by atoms with Gasteiger partial charge in [0.2, 0.25) is 5.91 Å². The monoisotopic (exact) mass is 262 g/mol. The van der Waals surface area contributed by atoms with Crippen LogP contribution in [0, 0.1) is 13.8 Å². The fourth-order valence-electron chi connectivity index (χ4n) is 2.28. The van der Waals surface area contributed by atoms with Crippen molar-refractivity contribution < 1.29 is 9.53 Å². The first kappa shape index (κ1) is 13.9. The molecule has 1 amide bonds. The Hall–Kier alpha value is -1.55. The van der Waals surface area contributed by atoms with Gasteiger partial charge < -0.3 is 15.4 Å². The summed E-state index contributed by atoms with van der Waals surface area (Å²) >= 11 is 0. The van der Waals surface area contributed by atoms with Crippen molar-refractivity contribution in [2.45, 2.75) is 32.8 Å². The second-order valence-corrected chi connectivity index (χ2v) is 5.11. The topological polar surface area (TPSA) is 50.4 Å². The SMILES string of the molecule is Cc1ccc(NCC(=O)NCC2CCCO2)c(C)c1. The second-order valence-electron chi connectivity index (χ2n) is 5.11. The molecule has 1 aliphatic rings. The van der Waals surface area contributed by atoms with E-state index in [0.29, 0.717) is 13.1 Å². The Morgan fingerprint density at radius 1 is 1.42 bits per heavy atom. The summed E-state index contributed by atoms with van der Waals surface area (Å²) in [6, 6.07) is 6.16. The van der Waals surface area contributed by atoms with E-state index in [1.807, 2.05) is 19.1 Å². The van der Waals surface area contributed by atoms with Crippen molar-refractivity contribution in [1.29, 1.82) is 0 Å². The summed E-state index contributed by atoms with van der Waals surface area (Å²) in [5, 5.41) is 6.06. The molecule has 4 nitrogen and oxygen atoms in total. The van der Waals surface area contributed by atoms with Crippen LogP contribution in [-0.4, -0.2) is 31.7 Å². The Balaban J connectivity index is 1.73. The summed E-state index contributed by atoms with van der Waals surface area (Å²) < 4.78 is 5.46. The fraction of sp³-hybridized carbons (Fsp3) is 0.533. The molecule has 1 aromatic carbocycles. The summed E-state index contributed by atoms with van der Waals surface area (Å²) in [4.78, 5) is 11.7. The first-order chi connectivity index (χ1) is 9.15. The maximum Gasteiger partial charge on any atom is 0.239 e. The minimum absolute atomic E-state index is 0.00970. The molecule has 0 saturated carbocycles. The predicted octanol–water partition coefficient (Wildman–Crippen LogP) is 2.01. The average molecular weight is 262 g/mol. The lowest BCUT2D eigenvalue weighted by atomic mass is 10.1. The molecule has 1 unspecified atom stereocenters. The third kappa shape index (κ3) is 4.24. The van der Waals surface area contributed by atoms with Gasteiger partial charge in [-0.2, -0.15) is 0 Å².